The highest BCUT2D eigenvalue weighted by atomic mass is 79.9. The van der Waals surface area contributed by atoms with Gasteiger partial charge in [-0.15, -0.1) is 0 Å². The molecule has 2 amide bonds. The maximum absolute atomic E-state index is 10.4. The van der Waals surface area contributed by atoms with Gasteiger partial charge in [-0.25, -0.2) is 10.2 Å². The van der Waals surface area contributed by atoms with Crippen molar-refractivity contribution in [2.24, 2.45) is 10.8 Å². The zero-order valence-electron chi connectivity index (χ0n) is 9.11. The van der Waals surface area contributed by atoms with E-state index in [1.165, 1.54) is 6.21 Å². The first-order chi connectivity index (χ1) is 8.04. The predicted molar refractivity (Wildman–Crippen MR) is 67.3 cm³/mol. The number of ether oxygens (including phenoxy) is 1. The number of carbonyl (C=O) groups is 1. The van der Waals surface area contributed by atoms with E-state index in [1.54, 1.807) is 12.1 Å². The van der Waals surface area contributed by atoms with Crippen LogP contribution in [0.4, 0.5) is 4.79 Å². The zero-order valence-corrected chi connectivity index (χ0v) is 10.7. The zero-order chi connectivity index (χ0) is 12.8. The van der Waals surface area contributed by atoms with Gasteiger partial charge >= 0.3 is 6.03 Å². The first-order valence-electron chi connectivity index (χ1n) is 4.78. The quantitative estimate of drug-likeness (QED) is 0.581. The van der Waals surface area contributed by atoms with Crippen LogP contribution in [0.5, 0.6) is 11.5 Å². The molecule has 0 radical (unpaired) electrons. The van der Waals surface area contributed by atoms with E-state index in [0.29, 0.717) is 22.4 Å². The van der Waals surface area contributed by atoms with Crippen LogP contribution < -0.4 is 15.9 Å². The van der Waals surface area contributed by atoms with Gasteiger partial charge in [-0.1, -0.05) is 0 Å². The van der Waals surface area contributed by atoms with Gasteiger partial charge in [0.15, 0.2) is 11.5 Å². The molecule has 6 nitrogen and oxygen atoms in total. The highest BCUT2D eigenvalue weighted by Crippen LogP contribution is 2.34. The van der Waals surface area contributed by atoms with Crippen molar-refractivity contribution in [1.29, 1.82) is 0 Å². The number of amides is 2. The van der Waals surface area contributed by atoms with Gasteiger partial charge in [-0.3, -0.25) is 0 Å². The fourth-order valence-electron chi connectivity index (χ4n) is 1.10. The summed E-state index contributed by atoms with van der Waals surface area (Å²) in [5.41, 5.74) is 7.56. The largest absolute Gasteiger partial charge is 0.503 e. The van der Waals surface area contributed by atoms with Gasteiger partial charge in [0.05, 0.1) is 17.3 Å². The second-order valence-electron chi connectivity index (χ2n) is 3.02. The van der Waals surface area contributed by atoms with E-state index in [9.17, 15) is 9.90 Å². The number of rotatable bonds is 4. The highest BCUT2D eigenvalue weighted by molar-refractivity contribution is 9.10. The van der Waals surface area contributed by atoms with Gasteiger partial charge in [-0.05, 0) is 40.5 Å². The molecule has 4 N–H and O–H groups in total. The molecule has 0 aliphatic carbocycles. The molecule has 0 aliphatic heterocycles. The van der Waals surface area contributed by atoms with Crippen LogP contribution in [0.3, 0.4) is 0 Å². The maximum Gasteiger partial charge on any atom is 0.332 e. The minimum absolute atomic E-state index is 0.0202. The Kier molecular flexibility index (Phi) is 4.77. The third-order valence-electron chi connectivity index (χ3n) is 1.74. The van der Waals surface area contributed by atoms with E-state index in [4.69, 9.17) is 10.5 Å². The van der Waals surface area contributed by atoms with Gasteiger partial charge in [0.2, 0.25) is 0 Å². The fourth-order valence-corrected chi connectivity index (χ4v) is 1.56. The summed E-state index contributed by atoms with van der Waals surface area (Å²) in [5, 5.41) is 13.3. The highest BCUT2D eigenvalue weighted by Gasteiger charge is 2.08. The van der Waals surface area contributed by atoms with Crippen molar-refractivity contribution in [1.82, 2.24) is 5.43 Å². The average molecular weight is 302 g/mol. The van der Waals surface area contributed by atoms with E-state index in [1.807, 2.05) is 6.92 Å². The molecule has 0 fully saturated rings. The normalized spacial score (nSPS) is 10.5. The molecule has 0 aliphatic rings. The Morgan fingerprint density at radius 1 is 1.71 bits per heavy atom. The summed E-state index contributed by atoms with van der Waals surface area (Å²) in [4.78, 5) is 10.4. The molecule has 92 valence electrons. The minimum Gasteiger partial charge on any atom is -0.503 e. The lowest BCUT2D eigenvalue weighted by atomic mass is 10.2. The lowest BCUT2D eigenvalue weighted by Crippen LogP contribution is -2.24. The monoisotopic (exact) mass is 301 g/mol. The lowest BCUT2D eigenvalue weighted by molar-refractivity contribution is 0.249. The molecule has 0 heterocycles. The molecule has 1 aromatic carbocycles. The molecular weight excluding hydrogens is 290 g/mol. The number of hydrazone groups is 1. The van der Waals surface area contributed by atoms with Crippen molar-refractivity contribution in [2.75, 3.05) is 6.61 Å². The molecule has 0 bridgehead atoms. The number of halogens is 1. The molecule has 7 heteroatoms. The van der Waals surface area contributed by atoms with Gasteiger partial charge < -0.3 is 15.6 Å². The van der Waals surface area contributed by atoms with Crippen LogP contribution in [-0.2, 0) is 0 Å². The number of urea groups is 1. The second-order valence-corrected chi connectivity index (χ2v) is 3.87. The standard InChI is InChI=1S/C10H12BrN3O3/c1-2-17-8-4-6(3-7(11)9(8)15)5-13-14-10(12)16/h3-5,15H,2H2,1H3,(H3,12,14,16). The first kappa shape index (κ1) is 13.3. The molecule has 17 heavy (non-hydrogen) atoms. The number of nitrogens with one attached hydrogen (secondary N) is 1. The molecule has 0 spiro atoms. The number of phenols is 1. The molecule has 0 saturated heterocycles. The van der Waals surface area contributed by atoms with Crippen molar-refractivity contribution >= 4 is 28.2 Å². The van der Waals surface area contributed by atoms with Crippen LogP contribution >= 0.6 is 15.9 Å². The van der Waals surface area contributed by atoms with Crippen molar-refractivity contribution < 1.29 is 14.6 Å². The van der Waals surface area contributed by atoms with E-state index in [2.05, 4.69) is 26.5 Å². The Morgan fingerprint density at radius 2 is 2.41 bits per heavy atom. The molecule has 0 unspecified atom stereocenters. The molecule has 1 rings (SSSR count). The van der Waals surface area contributed by atoms with Crippen LogP contribution in [0.1, 0.15) is 12.5 Å². The number of carbonyl (C=O) groups excluding carboxylic acids is 1. The number of primary amides is 1. The third kappa shape index (κ3) is 3.95. The molecule has 0 atom stereocenters. The topological polar surface area (TPSA) is 96.9 Å². The predicted octanol–water partition coefficient (Wildman–Crippen LogP) is 1.56. The van der Waals surface area contributed by atoms with E-state index >= 15 is 0 Å². The van der Waals surface area contributed by atoms with Crippen molar-refractivity contribution in [3.05, 3.63) is 22.2 Å². The molecule has 0 saturated carbocycles. The first-order valence-corrected chi connectivity index (χ1v) is 5.57. The minimum atomic E-state index is -0.746. The molecular formula is C10H12BrN3O3. The van der Waals surface area contributed by atoms with Gasteiger partial charge in [0, 0.05) is 0 Å². The summed E-state index contributed by atoms with van der Waals surface area (Å²) in [6, 6.07) is 2.48. The fraction of sp³-hybridized carbons (Fsp3) is 0.200. The van der Waals surface area contributed by atoms with Gasteiger partial charge in [0.1, 0.15) is 0 Å². The number of hydrogen-bond acceptors (Lipinski definition) is 4. The second kappa shape index (κ2) is 6.09. The number of phenolic OH excluding ortho intramolecular Hbond substituents is 1. The summed E-state index contributed by atoms with van der Waals surface area (Å²) in [7, 11) is 0. The van der Waals surface area contributed by atoms with E-state index in [0.717, 1.165) is 0 Å². The third-order valence-corrected chi connectivity index (χ3v) is 2.34. The Morgan fingerprint density at radius 3 is 3.00 bits per heavy atom. The van der Waals surface area contributed by atoms with E-state index in [-0.39, 0.29) is 5.75 Å². The van der Waals surface area contributed by atoms with Crippen LogP contribution in [0.25, 0.3) is 0 Å². The number of nitrogens with zero attached hydrogens (tertiary/aromatic N) is 1. The van der Waals surface area contributed by atoms with Gasteiger partial charge in [0.25, 0.3) is 0 Å². The smallest absolute Gasteiger partial charge is 0.332 e. The van der Waals surface area contributed by atoms with Crippen LogP contribution in [0, 0.1) is 0 Å². The van der Waals surface area contributed by atoms with Crippen LogP contribution in [0.15, 0.2) is 21.7 Å². The van der Waals surface area contributed by atoms with Crippen molar-refractivity contribution in [2.45, 2.75) is 6.92 Å². The van der Waals surface area contributed by atoms with E-state index < -0.39 is 6.03 Å². The van der Waals surface area contributed by atoms with Crippen LogP contribution in [-0.4, -0.2) is 24.0 Å². The van der Waals surface area contributed by atoms with Crippen molar-refractivity contribution in [3.63, 3.8) is 0 Å². The average Bonchev–Trinajstić information content (AvgIpc) is 2.25. The van der Waals surface area contributed by atoms with Crippen LogP contribution in [0.2, 0.25) is 0 Å². The number of hydrogen-bond donors (Lipinski definition) is 3. The van der Waals surface area contributed by atoms with Crippen molar-refractivity contribution in [3.8, 4) is 11.5 Å². The molecule has 1 aromatic rings. The summed E-state index contributed by atoms with van der Waals surface area (Å²) in [6.07, 6.45) is 1.39. The summed E-state index contributed by atoms with van der Waals surface area (Å²) < 4.78 is 5.71. The lowest BCUT2D eigenvalue weighted by Gasteiger charge is -2.08. The summed E-state index contributed by atoms with van der Waals surface area (Å²) in [6.45, 7) is 2.24. The molecule has 0 aromatic heterocycles. The maximum atomic E-state index is 10.4. The number of aromatic hydroxyl groups is 1. The number of nitrogens with two attached hydrogens (primary N) is 1. The summed E-state index contributed by atoms with van der Waals surface area (Å²) >= 11 is 3.18. The SMILES string of the molecule is CCOc1cc(C=NNC(N)=O)cc(Br)c1O. The Balaban J connectivity index is 2.93. The number of benzene rings is 1. The Labute approximate surface area is 107 Å². The van der Waals surface area contributed by atoms with Gasteiger partial charge in [-0.2, -0.15) is 5.10 Å². The Bertz CT molecular complexity index is 449. The Hall–Kier alpha value is -1.76. The summed E-state index contributed by atoms with van der Waals surface area (Å²) in [5.74, 6) is 0.356.